The third-order valence-electron chi connectivity index (χ3n) is 2.16. The predicted octanol–water partition coefficient (Wildman–Crippen LogP) is 2.29. The minimum Gasteiger partial charge on any atom is -0.304 e. The van der Waals surface area contributed by atoms with Crippen LogP contribution in [0.3, 0.4) is 0 Å². The van der Waals surface area contributed by atoms with E-state index in [1.165, 1.54) is 10.2 Å². The van der Waals surface area contributed by atoms with Gasteiger partial charge in [-0.15, -0.1) is 0 Å². The van der Waals surface area contributed by atoms with Gasteiger partial charge in [-0.3, -0.25) is 4.68 Å². The maximum absolute atomic E-state index is 4.54. The van der Waals surface area contributed by atoms with E-state index in [0.29, 0.717) is 0 Å². The molecule has 0 aromatic carbocycles. The summed E-state index contributed by atoms with van der Waals surface area (Å²) >= 11 is 3.62. The van der Waals surface area contributed by atoms with Crippen molar-refractivity contribution in [3.63, 3.8) is 0 Å². The summed E-state index contributed by atoms with van der Waals surface area (Å²) < 4.78 is 3.25. The lowest BCUT2D eigenvalue weighted by atomic mass is 10.3. The molecule has 0 amide bonds. The van der Waals surface area contributed by atoms with Crippen molar-refractivity contribution in [1.82, 2.24) is 14.7 Å². The van der Waals surface area contributed by atoms with Crippen LogP contribution in [0.25, 0.3) is 0 Å². The Hall–Kier alpha value is -0.350. The van der Waals surface area contributed by atoms with E-state index in [4.69, 9.17) is 0 Å². The van der Waals surface area contributed by atoms with Gasteiger partial charge in [0.15, 0.2) is 0 Å². The molecule has 0 spiro atoms. The van der Waals surface area contributed by atoms with Crippen LogP contribution in [-0.4, -0.2) is 28.8 Å². The number of halogens is 1. The van der Waals surface area contributed by atoms with Gasteiger partial charge in [0.05, 0.1) is 15.9 Å². The molecule has 0 saturated carbocycles. The van der Waals surface area contributed by atoms with Gasteiger partial charge in [0, 0.05) is 13.1 Å². The molecule has 14 heavy (non-hydrogen) atoms. The Morgan fingerprint density at radius 2 is 2.00 bits per heavy atom. The molecule has 0 aliphatic carbocycles. The molecule has 0 bridgehead atoms. The highest BCUT2D eigenvalue weighted by molar-refractivity contribution is 9.10. The van der Waals surface area contributed by atoms with Gasteiger partial charge in [-0.1, -0.05) is 6.92 Å². The van der Waals surface area contributed by atoms with Gasteiger partial charge >= 0.3 is 0 Å². The highest BCUT2D eigenvalue weighted by atomic mass is 79.9. The molecule has 0 aliphatic rings. The summed E-state index contributed by atoms with van der Waals surface area (Å²) in [6.45, 7) is 6.12. The number of nitrogens with zero attached hydrogens (tertiary/aromatic N) is 3. The third-order valence-corrected chi connectivity index (χ3v) is 3.08. The first kappa shape index (κ1) is 11.7. The summed E-state index contributed by atoms with van der Waals surface area (Å²) in [5.41, 5.74) is 2.43. The standard InChI is InChI=1S/C10H18BrN3/c1-5-8-10(11)9(7-13(3)4)14(6-2)12-8/h5-7H2,1-4H3. The fourth-order valence-corrected chi connectivity index (χ4v) is 2.16. The van der Waals surface area contributed by atoms with Crippen LogP contribution in [0.4, 0.5) is 0 Å². The Morgan fingerprint density at radius 1 is 1.36 bits per heavy atom. The Balaban J connectivity index is 3.04. The normalized spacial score (nSPS) is 11.3. The Kier molecular flexibility index (Phi) is 4.13. The van der Waals surface area contributed by atoms with Crippen molar-refractivity contribution in [2.75, 3.05) is 14.1 Å². The van der Waals surface area contributed by atoms with Crippen LogP contribution >= 0.6 is 15.9 Å². The van der Waals surface area contributed by atoms with E-state index < -0.39 is 0 Å². The van der Waals surface area contributed by atoms with Gasteiger partial charge in [0.1, 0.15) is 0 Å². The molecule has 0 radical (unpaired) electrons. The third kappa shape index (κ3) is 2.36. The number of rotatable bonds is 4. The fraction of sp³-hybridized carbons (Fsp3) is 0.700. The predicted molar refractivity (Wildman–Crippen MR) is 62.4 cm³/mol. The first-order valence-corrected chi connectivity index (χ1v) is 5.78. The maximum Gasteiger partial charge on any atom is 0.0767 e. The van der Waals surface area contributed by atoms with Crippen LogP contribution in [0.5, 0.6) is 0 Å². The fourth-order valence-electron chi connectivity index (χ4n) is 1.47. The molecule has 1 heterocycles. The van der Waals surface area contributed by atoms with Crippen molar-refractivity contribution in [3.8, 4) is 0 Å². The summed E-state index contributed by atoms with van der Waals surface area (Å²) in [5.74, 6) is 0. The molecular weight excluding hydrogens is 242 g/mol. The summed E-state index contributed by atoms with van der Waals surface area (Å²) in [5, 5.41) is 4.54. The average molecular weight is 260 g/mol. The molecule has 80 valence electrons. The van der Waals surface area contributed by atoms with E-state index in [1.54, 1.807) is 0 Å². The van der Waals surface area contributed by atoms with Crippen LogP contribution in [0.2, 0.25) is 0 Å². The van der Waals surface area contributed by atoms with Crippen molar-refractivity contribution >= 4 is 15.9 Å². The average Bonchev–Trinajstić information content (AvgIpc) is 2.43. The lowest BCUT2D eigenvalue weighted by Crippen LogP contribution is -2.15. The Labute approximate surface area is 94.2 Å². The molecule has 0 aliphatic heterocycles. The van der Waals surface area contributed by atoms with Crippen LogP contribution in [0.1, 0.15) is 25.2 Å². The zero-order valence-corrected chi connectivity index (χ0v) is 10.9. The van der Waals surface area contributed by atoms with Gasteiger partial charge in [-0.2, -0.15) is 5.10 Å². The molecule has 1 aromatic rings. The highest BCUT2D eigenvalue weighted by Crippen LogP contribution is 2.22. The Bertz CT molecular complexity index is 305. The van der Waals surface area contributed by atoms with Gasteiger partial charge < -0.3 is 4.90 Å². The zero-order valence-electron chi connectivity index (χ0n) is 9.34. The molecule has 0 atom stereocenters. The van der Waals surface area contributed by atoms with Gasteiger partial charge in [0.2, 0.25) is 0 Å². The minimum atomic E-state index is 0.932. The highest BCUT2D eigenvalue weighted by Gasteiger charge is 2.13. The number of hydrogen-bond acceptors (Lipinski definition) is 2. The topological polar surface area (TPSA) is 21.1 Å². The van der Waals surface area contributed by atoms with Crippen molar-refractivity contribution in [3.05, 3.63) is 15.9 Å². The maximum atomic E-state index is 4.54. The van der Waals surface area contributed by atoms with Crippen molar-refractivity contribution in [2.45, 2.75) is 33.4 Å². The molecular formula is C10H18BrN3. The summed E-state index contributed by atoms with van der Waals surface area (Å²) in [6, 6.07) is 0. The first-order chi connectivity index (χ1) is 6.60. The molecule has 0 unspecified atom stereocenters. The molecule has 3 nitrogen and oxygen atoms in total. The number of aryl methyl sites for hydroxylation is 2. The van der Waals surface area contributed by atoms with E-state index in [2.05, 4.69) is 58.6 Å². The second kappa shape index (κ2) is 4.94. The number of aromatic nitrogens is 2. The first-order valence-electron chi connectivity index (χ1n) is 4.98. The molecule has 1 aromatic heterocycles. The molecule has 0 fully saturated rings. The van der Waals surface area contributed by atoms with Crippen molar-refractivity contribution in [1.29, 1.82) is 0 Å². The van der Waals surface area contributed by atoms with Crippen LogP contribution in [0, 0.1) is 0 Å². The lowest BCUT2D eigenvalue weighted by Gasteiger charge is -2.11. The van der Waals surface area contributed by atoms with E-state index in [0.717, 1.165) is 25.2 Å². The van der Waals surface area contributed by atoms with E-state index in [1.807, 2.05) is 0 Å². The zero-order chi connectivity index (χ0) is 10.7. The summed E-state index contributed by atoms with van der Waals surface area (Å²) in [4.78, 5) is 2.16. The van der Waals surface area contributed by atoms with Gasteiger partial charge in [-0.05, 0) is 43.4 Å². The Morgan fingerprint density at radius 3 is 2.43 bits per heavy atom. The van der Waals surface area contributed by atoms with Crippen LogP contribution < -0.4 is 0 Å². The van der Waals surface area contributed by atoms with Crippen molar-refractivity contribution < 1.29 is 0 Å². The number of hydrogen-bond donors (Lipinski definition) is 0. The van der Waals surface area contributed by atoms with Crippen LogP contribution in [-0.2, 0) is 19.5 Å². The second-order valence-corrected chi connectivity index (χ2v) is 4.41. The summed E-state index contributed by atoms with van der Waals surface area (Å²) in [6.07, 6.45) is 0.980. The second-order valence-electron chi connectivity index (χ2n) is 3.61. The smallest absolute Gasteiger partial charge is 0.0767 e. The molecule has 0 saturated heterocycles. The van der Waals surface area contributed by atoms with E-state index in [9.17, 15) is 0 Å². The molecule has 1 rings (SSSR count). The SMILES string of the molecule is CCc1nn(CC)c(CN(C)C)c1Br. The van der Waals surface area contributed by atoms with E-state index >= 15 is 0 Å². The van der Waals surface area contributed by atoms with Gasteiger partial charge in [-0.25, -0.2) is 0 Å². The molecule has 0 N–H and O–H groups in total. The largest absolute Gasteiger partial charge is 0.304 e. The van der Waals surface area contributed by atoms with E-state index in [-0.39, 0.29) is 0 Å². The van der Waals surface area contributed by atoms with Crippen molar-refractivity contribution in [2.24, 2.45) is 0 Å². The molecule has 4 heteroatoms. The van der Waals surface area contributed by atoms with Gasteiger partial charge in [0.25, 0.3) is 0 Å². The quantitative estimate of drug-likeness (QED) is 0.828. The summed E-state index contributed by atoms with van der Waals surface area (Å²) in [7, 11) is 4.15. The lowest BCUT2D eigenvalue weighted by molar-refractivity contribution is 0.382. The monoisotopic (exact) mass is 259 g/mol. The minimum absolute atomic E-state index is 0.932. The van der Waals surface area contributed by atoms with Crippen LogP contribution in [0.15, 0.2) is 4.47 Å².